The van der Waals surface area contributed by atoms with Crippen molar-refractivity contribution in [2.45, 2.75) is 64.0 Å². The van der Waals surface area contributed by atoms with Crippen LogP contribution in [-0.4, -0.2) is 41.0 Å². The highest BCUT2D eigenvalue weighted by Crippen LogP contribution is 2.27. The molecule has 3 heteroatoms. The van der Waals surface area contributed by atoms with Crippen LogP contribution < -0.4 is 0 Å². The van der Waals surface area contributed by atoms with E-state index in [9.17, 15) is 9.90 Å². The van der Waals surface area contributed by atoms with Gasteiger partial charge in [0.1, 0.15) is 5.78 Å². The fourth-order valence-electron chi connectivity index (χ4n) is 3.33. The molecule has 17 heavy (non-hydrogen) atoms. The van der Waals surface area contributed by atoms with Gasteiger partial charge >= 0.3 is 0 Å². The van der Waals surface area contributed by atoms with Crippen LogP contribution in [0, 0.1) is 5.92 Å². The minimum absolute atomic E-state index is 0.147. The summed E-state index contributed by atoms with van der Waals surface area (Å²) in [6.07, 6.45) is 7.58. The van der Waals surface area contributed by atoms with Gasteiger partial charge in [0, 0.05) is 12.0 Å². The molecule has 0 spiro atoms. The van der Waals surface area contributed by atoms with Gasteiger partial charge in [-0.2, -0.15) is 0 Å². The largest absolute Gasteiger partial charge is 0.391 e. The molecule has 1 aliphatic carbocycles. The Kier molecular flexibility index (Phi) is 4.57. The van der Waals surface area contributed by atoms with Crippen molar-refractivity contribution in [3.63, 3.8) is 0 Å². The van der Waals surface area contributed by atoms with Gasteiger partial charge in [-0.25, -0.2) is 0 Å². The Bertz CT molecular complexity index is 259. The number of hydrogen-bond acceptors (Lipinski definition) is 3. The molecule has 0 radical (unpaired) electrons. The van der Waals surface area contributed by atoms with Gasteiger partial charge in [0.25, 0.3) is 0 Å². The van der Waals surface area contributed by atoms with Gasteiger partial charge in [-0.1, -0.05) is 19.3 Å². The Balaban J connectivity index is 1.88. The van der Waals surface area contributed by atoms with Gasteiger partial charge in [-0.3, -0.25) is 9.69 Å². The molecular formula is C14H25NO2. The lowest BCUT2D eigenvalue weighted by atomic mass is 9.91. The summed E-state index contributed by atoms with van der Waals surface area (Å²) in [5.74, 6) is 0.611. The van der Waals surface area contributed by atoms with Crippen molar-refractivity contribution < 1.29 is 9.90 Å². The second kappa shape index (κ2) is 5.96. The number of carbonyl (C=O) groups is 1. The van der Waals surface area contributed by atoms with Crippen molar-refractivity contribution in [1.82, 2.24) is 4.90 Å². The molecule has 1 saturated heterocycles. The molecular weight excluding hydrogens is 214 g/mol. The van der Waals surface area contributed by atoms with Crippen LogP contribution in [0.2, 0.25) is 0 Å². The lowest BCUT2D eigenvalue weighted by Crippen LogP contribution is -2.47. The van der Waals surface area contributed by atoms with Crippen LogP contribution in [0.25, 0.3) is 0 Å². The second-order valence-corrected chi connectivity index (χ2v) is 5.69. The molecule has 2 fully saturated rings. The zero-order valence-corrected chi connectivity index (χ0v) is 10.9. The van der Waals surface area contributed by atoms with E-state index in [0.717, 1.165) is 38.8 Å². The molecule has 2 atom stereocenters. The number of nitrogens with zero attached hydrogens (tertiary/aromatic N) is 1. The second-order valence-electron chi connectivity index (χ2n) is 5.69. The minimum Gasteiger partial charge on any atom is -0.391 e. The lowest BCUT2D eigenvalue weighted by molar-refractivity contribution is -0.122. The van der Waals surface area contributed by atoms with Gasteiger partial charge in [0.2, 0.25) is 0 Å². The van der Waals surface area contributed by atoms with Crippen molar-refractivity contribution >= 4 is 5.78 Å². The van der Waals surface area contributed by atoms with Gasteiger partial charge in [-0.15, -0.1) is 0 Å². The third-order valence-corrected chi connectivity index (χ3v) is 4.52. The average Bonchev–Trinajstić information content (AvgIpc) is 2.54. The van der Waals surface area contributed by atoms with Gasteiger partial charge in [0.15, 0.2) is 0 Å². The summed E-state index contributed by atoms with van der Waals surface area (Å²) in [6, 6.07) is 0.352. The summed E-state index contributed by atoms with van der Waals surface area (Å²) < 4.78 is 0. The van der Waals surface area contributed by atoms with Gasteiger partial charge in [-0.05, 0) is 45.7 Å². The fraction of sp³-hybridized carbons (Fsp3) is 0.929. The fourth-order valence-corrected chi connectivity index (χ4v) is 3.33. The first kappa shape index (κ1) is 13.0. The van der Waals surface area contributed by atoms with Crippen LogP contribution in [-0.2, 0) is 4.79 Å². The summed E-state index contributed by atoms with van der Waals surface area (Å²) in [7, 11) is 0. The van der Waals surface area contributed by atoms with Crippen molar-refractivity contribution in [2.24, 2.45) is 5.92 Å². The summed E-state index contributed by atoms with van der Waals surface area (Å²) in [5, 5.41) is 10.2. The molecule has 2 unspecified atom stereocenters. The number of Topliss-reactive ketones (excluding diaryl/α,β-unsaturated/α-hetero) is 1. The maximum absolute atomic E-state index is 11.3. The highest BCUT2D eigenvalue weighted by atomic mass is 16.3. The summed E-state index contributed by atoms with van der Waals surface area (Å²) in [5.41, 5.74) is 0. The average molecular weight is 239 g/mol. The third kappa shape index (κ3) is 3.29. The molecule has 3 nitrogen and oxygen atoms in total. The van der Waals surface area contributed by atoms with Crippen molar-refractivity contribution in [3.05, 3.63) is 0 Å². The van der Waals surface area contributed by atoms with E-state index in [1.165, 1.54) is 19.3 Å². The van der Waals surface area contributed by atoms with E-state index in [1.54, 1.807) is 6.92 Å². The van der Waals surface area contributed by atoms with Crippen molar-refractivity contribution in [2.75, 3.05) is 13.1 Å². The van der Waals surface area contributed by atoms with E-state index in [2.05, 4.69) is 4.90 Å². The number of carbonyl (C=O) groups excluding carboxylic acids is 1. The van der Waals surface area contributed by atoms with Crippen LogP contribution in [0.1, 0.15) is 51.9 Å². The van der Waals surface area contributed by atoms with Crippen LogP contribution in [0.5, 0.6) is 0 Å². The van der Waals surface area contributed by atoms with E-state index in [4.69, 9.17) is 0 Å². The zero-order chi connectivity index (χ0) is 12.3. The molecule has 1 N–H and O–H groups in total. The molecule has 1 aliphatic heterocycles. The number of hydrogen-bond donors (Lipinski definition) is 1. The molecule has 2 aliphatic rings. The maximum atomic E-state index is 11.3. The molecule has 98 valence electrons. The molecule has 0 amide bonds. The maximum Gasteiger partial charge on any atom is 0.133 e. The van der Waals surface area contributed by atoms with E-state index in [0.29, 0.717) is 11.8 Å². The minimum atomic E-state index is -0.147. The lowest BCUT2D eigenvalue weighted by Gasteiger charge is -2.38. The van der Waals surface area contributed by atoms with E-state index < -0.39 is 0 Å². The van der Waals surface area contributed by atoms with Crippen LogP contribution in [0.3, 0.4) is 0 Å². The topological polar surface area (TPSA) is 40.5 Å². The monoisotopic (exact) mass is 239 g/mol. The van der Waals surface area contributed by atoms with Gasteiger partial charge in [0.05, 0.1) is 6.10 Å². The predicted molar refractivity (Wildman–Crippen MR) is 67.9 cm³/mol. The third-order valence-electron chi connectivity index (χ3n) is 4.52. The Labute approximate surface area is 104 Å². The summed E-state index contributed by atoms with van der Waals surface area (Å²) >= 11 is 0. The predicted octanol–water partition coefficient (Wildman–Crippen LogP) is 1.98. The molecule has 0 aromatic heterocycles. The Morgan fingerprint density at radius 1 is 1.06 bits per heavy atom. The Hall–Kier alpha value is -0.410. The normalized spacial score (nSPS) is 33.3. The quantitative estimate of drug-likeness (QED) is 0.749. The molecule has 0 aromatic carbocycles. The van der Waals surface area contributed by atoms with E-state index >= 15 is 0 Å². The van der Waals surface area contributed by atoms with E-state index in [1.807, 2.05) is 0 Å². The first-order chi connectivity index (χ1) is 8.18. The SMILES string of the molecule is CC(=O)C1CCN(C2CCCCCC2O)CC1. The Morgan fingerprint density at radius 3 is 2.35 bits per heavy atom. The number of ketones is 1. The number of aliphatic hydroxyl groups is 1. The summed E-state index contributed by atoms with van der Waals surface area (Å²) in [6.45, 7) is 3.69. The van der Waals surface area contributed by atoms with Crippen LogP contribution in [0.4, 0.5) is 0 Å². The highest BCUT2D eigenvalue weighted by molar-refractivity contribution is 5.78. The molecule has 2 rings (SSSR count). The molecule has 0 aromatic rings. The molecule has 1 saturated carbocycles. The highest BCUT2D eigenvalue weighted by Gasteiger charge is 2.31. The van der Waals surface area contributed by atoms with Crippen LogP contribution >= 0.6 is 0 Å². The number of aliphatic hydroxyl groups excluding tert-OH is 1. The Morgan fingerprint density at radius 2 is 1.71 bits per heavy atom. The standard InChI is InChI=1S/C14H25NO2/c1-11(16)12-7-9-15(10-8-12)13-5-3-2-4-6-14(13)17/h12-14,17H,2-10H2,1H3. The molecule has 1 heterocycles. The zero-order valence-electron chi connectivity index (χ0n) is 10.9. The number of rotatable bonds is 2. The first-order valence-electron chi connectivity index (χ1n) is 7.11. The molecule has 0 bridgehead atoms. The number of piperidine rings is 1. The summed E-state index contributed by atoms with van der Waals surface area (Å²) in [4.78, 5) is 13.8. The van der Waals surface area contributed by atoms with Crippen molar-refractivity contribution in [1.29, 1.82) is 0 Å². The smallest absolute Gasteiger partial charge is 0.133 e. The first-order valence-corrected chi connectivity index (χ1v) is 7.11. The van der Waals surface area contributed by atoms with E-state index in [-0.39, 0.29) is 12.0 Å². The number of likely N-dealkylation sites (tertiary alicyclic amines) is 1. The van der Waals surface area contributed by atoms with Crippen molar-refractivity contribution in [3.8, 4) is 0 Å². The van der Waals surface area contributed by atoms with Crippen LogP contribution in [0.15, 0.2) is 0 Å². The van der Waals surface area contributed by atoms with Gasteiger partial charge < -0.3 is 5.11 Å².